The summed E-state index contributed by atoms with van der Waals surface area (Å²) in [6.45, 7) is 0. The summed E-state index contributed by atoms with van der Waals surface area (Å²) >= 11 is 1.68. The zero-order valence-electron chi connectivity index (χ0n) is 8.49. The third-order valence-corrected chi connectivity index (χ3v) is 3.43. The van der Waals surface area contributed by atoms with Crippen LogP contribution in [0.1, 0.15) is 12.0 Å². The number of hydrogen-bond donors (Lipinski definition) is 1. The number of hydrogen-bond acceptors (Lipinski definition) is 2. The molecule has 1 aromatic heterocycles. The number of benzene rings is 1. The average molecular weight is 218 g/mol. The Morgan fingerprint density at radius 3 is 3.00 bits per heavy atom. The van der Waals surface area contributed by atoms with Crippen molar-refractivity contribution < 1.29 is 9.90 Å². The van der Waals surface area contributed by atoms with Crippen molar-refractivity contribution in [2.24, 2.45) is 0 Å². The summed E-state index contributed by atoms with van der Waals surface area (Å²) in [6, 6.07) is 6.31. The molecule has 2 rings (SSSR count). The van der Waals surface area contributed by atoms with Crippen LogP contribution in [0.15, 0.2) is 23.6 Å². The molecule has 0 bridgehead atoms. The van der Waals surface area contributed by atoms with Crippen LogP contribution in [0.3, 0.4) is 0 Å². The predicted octanol–water partition coefficient (Wildman–Crippen LogP) is 1.18. The molecule has 0 aliphatic rings. The van der Waals surface area contributed by atoms with E-state index in [9.17, 15) is 4.79 Å². The van der Waals surface area contributed by atoms with Crippen molar-refractivity contribution in [2.75, 3.05) is 0 Å². The number of fused-ring (bicyclic) bond motifs is 1. The zero-order valence-corrected chi connectivity index (χ0v) is 9.30. The molecule has 0 unspecified atom stereocenters. The van der Waals surface area contributed by atoms with Gasteiger partial charge in [0.2, 0.25) is 0 Å². The van der Waals surface area contributed by atoms with Gasteiger partial charge in [0.1, 0.15) is 7.85 Å². The number of carboxylic acid groups (broad SMARTS) is 1. The molecule has 2 aromatic rings. The third-order valence-electron chi connectivity index (χ3n) is 2.42. The van der Waals surface area contributed by atoms with Gasteiger partial charge >= 0.3 is 5.97 Å². The van der Waals surface area contributed by atoms with Crippen LogP contribution in [0.5, 0.6) is 0 Å². The molecule has 76 valence electrons. The Morgan fingerprint density at radius 2 is 2.27 bits per heavy atom. The molecule has 2 nitrogen and oxygen atoms in total. The second kappa shape index (κ2) is 4.07. The summed E-state index contributed by atoms with van der Waals surface area (Å²) < 4.78 is 1.24. The Kier molecular flexibility index (Phi) is 2.78. The molecule has 4 heteroatoms. The summed E-state index contributed by atoms with van der Waals surface area (Å²) in [4.78, 5) is 10.5. The zero-order chi connectivity index (χ0) is 10.8. The summed E-state index contributed by atoms with van der Waals surface area (Å²) in [5, 5.41) is 11.9. The van der Waals surface area contributed by atoms with Gasteiger partial charge in [-0.15, -0.1) is 11.3 Å². The molecular weight excluding hydrogens is 207 g/mol. The molecule has 0 radical (unpaired) electrons. The Morgan fingerprint density at radius 1 is 1.47 bits per heavy atom. The van der Waals surface area contributed by atoms with Crippen LogP contribution in [0.25, 0.3) is 10.1 Å². The van der Waals surface area contributed by atoms with E-state index in [0.29, 0.717) is 6.42 Å². The topological polar surface area (TPSA) is 37.3 Å². The van der Waals surface area contributed by atoms with E-state index in [1.54, 1.807) is 11.3 Å². The number of thiophene rings is 1. The van der Waals surface area contributed by atoms with E-state index >= 15 is 0 Å². The molecule has 1 aromatic carbocycles. The van der Waals surface area contributed by atoms with Gasteiger partial charge in [-0.1, -0.05) is 17.6 Å². The SMILES string of the molecule is Bc1ccc2scc(CCC(=O)O)c2c1. The standard InChI is InChI=1S/C11H11BO2S/c12-8-2-3-10-9(5-8)7(6-15-10)1-4-11(13)14/h2-3,5-6H,1,4,12H2,(H,13,14). The lowest BCUT2D eigenvalue weighted by Crippen LogP contribution is -2.00. The minimum absolute atomic E-state index is 0.208. The van der Waals surface area contributed by atoms with E-state index in [1.807, 2.05) is 0 Å². The first-order valence-corrected chi connectivity index (χ1v) is 5.73. The fourth-order valence-electron chi connectivity index (χ4n) is 1.63. The highest BCUT2D eigenvalue weighted by atomic mass is 32.1. The molecule has 0 saturated heterocycles. The maximum absolute atomic E-state index is 10.5. The first-order valence-electron chi connectivity index (χ1n) is 4.85. The Hall–Kier alpha value is -1.29. The number of rotatable bonds is 3. The number of carbonyl (C=O) groups is 1. The van der Waals surface area contributed by atoms with Crippen molar-refractivity contribution >= 4 is 40.7 Å². The maximum atomic E-state index is 10.5. The second-order valence-corrected chi connectivity index (χ2v) is 4.57. The fraction of sp³-hybridized carbons (Fsp3) is 0.182. The van der Waals surface area contributed by atoms with E-state index in [1.165, 1.54) is 15.5 Å². The maximum Gasteiger partial charge on any atom is 0.303 e. The molecular formula is C11H11BO2S. The number of aryl methyl sites for hydroxylation is 1. The van der Waals surface area contributed by atoms with Crippen LogP contribution >= 0.6 is 11.3 Å². The van der Waals surface area contributed by atoms with Crippen molar-refractivity contribution in [3.63, 3.8) is 0 Å². The van der Waals surface area contributed by atoms with Crippen LogP contribution in [-0.4, -0.2) is 18.9 Å². The summed E-state index contributed by atoms with van der Waals surface area (Å²) in [7, 11) is 2.05. The van der Waals surface area contributed by atoms with Crippen LogP contribution in [-0.2, 0) is 11.2 Å². The molecule has 0 aliphatic heterocycles. The van der Waals surface area contributed by atoms with Crippen molar-refractivity contribution in [1.82, 2.24) is 0 Å². The lowest BCUT2D eigenvalue weighted by Gasteiger charge is -1.98. The quantitative estimate of drug-likeness (QED) is 0.785. The highest BCUT2D eigenvalue weighted by Gasteiger charge is 2.05. The van der Waals surface area contributed by atoms with Crippen molar-refractivity contribution in [3.8, 4) is 0 Å². The molecule has 0 amide bonds. The summed E-state index contributed by atoms with van der Waals surface area (Å²) in [5.41, 5.74) is 2.37. The largest absolute Gasteiger partial charge is 0.481 e. The van der Waals surface area contributed by atoms with Gasteiger partial charge in [0.25, 0.3) is 0 Å². The lowest BCUT2D eigenvalue weighted by molar-refractivity contribution is -0.136. The fourth-order valence-corrected chi connectivity index (χ4v) is 2.61. The second-order valence-electron chi connectivity index (χ2n) is 3.65. The van der Waals surface area contributed by atoms with Gasteiger partial charge < -0.3 is 5.11 Å². The Bertz CT molecular complexity index is 504. The first kappa shape index (κ1) is 10.2. The van der Waals surface area contributed by atoms with Gasteiger partial charge in [-0.05, 0) is 28.8 Å². The molecule has 0 atom stereocenters. The van der Waals surface area contributed by atoms with Crippen molar-refractivity contribution in [2.45, 2.75) is 12.8 Å². The van der Waals surface area contributed by atoms with Gasteiger partial charge in [-0.25, -0.2) is 0 Å². The van der Waals surface area contributed by atoms with Gasteiger partial charge in [-0.3, -0.25) is 4.79 Å². The van der Waals surface area contributed by atoms with Crippen LogP contribution in [0.4, 0.5) is 0 Å². The molecule has 1 N–H and O–H groups in total. The van der Waals surface area contributed by atoms with Crippen LogP contribution < -0.4 is 5.46 Å². The van der Waals surface area contributed by atoms with Crippen molar-refractivity contribution in [1.29, 1.82) is 0 Å². The Labute approximate surface area is 93.0 Å². The average Bonchev–Trinajstić information content (AvgIpc) is 2.57. The van der Waals surface area contributed by atoms with E-state index in [0.717, 1.165) is 5.56 Å². The first-order chi connectivity index (χ1) is 7.16. The number of aliphatic carboxylic acids is 1. The highest BCUT2D eigenvalue weighted by Crippen LogP contribution is 2.25. The van der Waals surface area contributed by atoms with Crippen LogP contribution in [0, 0.1) is 0 Å². The molecule has 0 aliphatic carbocycles. The normalized spacial score (nSPS) is 10.7. The van der Waals surface area contributed by atoms with E-state index in [2.05, 4.69) is 31.4 Å². The van der Waals surface area contributed by atoms with E-state index < -0.39 is 5.97 Å². The minimum Gasteiger partial charge on any atom is -0.481 e. The monoisotopic (exact) mass is 218 g/mol. The van der Waals surface area contributed by atoms with Gasteiger partial charge in [0.05, 0.1) is 0 Å². The molecule has 1 heterocycles. The summed E-state index contributed by atoms with van der Waals surface area (Å²) in [6.07, 6.45) is 0.832. The third kappa shape index (κ3) is 2.21. The lowest BCUT2D eigenvalue weighted by atomic mass is 9.94. The number of carboxylic acids is 1. The van der Waals surface area contributed by atoms with Crippen molar-refractivity contribution in [3.05, 3.63) is 29.1 Å². The van der Waals surface area contributed by atoms with Gasteiger partial charge in [0, 0.05) is 11.1 Å². The molecule has 0 spiro atoms. The highest BCUT2D eigenvalue weighted by molar-refractivity contribution is 7.17. The van der Waals surface area contributed by atoms with E-state index in [-0.39, 0.29) is 6.42 Å². The van der Waals surface area contributed by atoms with Crippen LogP contribution in [0.2, 0.25) is 0 Å². The smallest absolute Gasteiger partial charge is 0.303 e. The molecule has 0 saturated carbocycles. The molecule has 15 heavy (non-hydrogen) atoms. The minimum atomic E-state index is -0.734. The van der Waals surface area contributed by atoms with E-state index in [4.69, 9.17) is 5.11 Å². The van der Waals surface area contributed by atoms with Gasteiger partial charge in [0.15, 0.2) is 0 Å². The van der Waals surface area contributed by atoms with Gasteiger partial charge in [-0.2, -0.15) is 0 Å². The Balaban J connectivity index is 2.35. The molecule has 0 fully saturated rings. The summed E-state index contributed by atoms with van der Waals surface area (Å²) in [5.74, 6) is -0.734. The predicted molar refractivity (Wildman–Crippen MR) is 66.0 cm³/mol.